The molecule has 3 heterocycles. The van der Waals surface area contributed by atoms with Gasteiger partial charge in [-0.05, 0) is 48.6 Å². The molecule has 0 spiro atoms. The topological polar surface area (TPSA) is 107 Å². The number of rotatable bonds is 6. The Labute approximate surface area is 205 Å². The molecule has 0 radical (unpaired) electrons. The van der Waals surface area contributed by atoms with Crippen LogP contribution in [0.2, 0.25) is 0 Å². The van der Waals surface area contributed by atoms with E-state index in [0.717, 1.165) is 44.6 Å². The quantitative estimate of drug-likeness (QED) is 0.502. The van der Waals surface area contributed by atoms with E-state index >= 15 is 0 Å². The molecule has 182 valence electrons. The second kappa shape index (κ2) is 10.4. The van der Waals surface area contributed by atoms with Gasteiger partial charge < -0.3 is 20.6 Å². The number of amides is 1. The van der Waals surface area contributed by atoms with Crippen molar-refractivity contribution in [2.45, 2.75) is 44.8 Å². The van der Waals surface area contributed by atoms with Gasteiger partial charge in [0.2, 0.25) is 17.8 Å². The minimum absolute atomic E-state index is 0.118. The van der Waals surface area contributed by atoms with Gasteiger partial charge in [-0.2, -0.15) is 4.98 Å². The van der Waals surface area contributed by atoms with Crippen molar-refractivity contribution in [3.63, 3.8) is 0 Å². The van der Waals surface area contributed by atoms with Crippen molar-refractivity contribution in [3.8, 4) is 0 Å². The molecule has 2 aromatic carbocycles. The van der Waals surface area contributed by atoms with E-state index in [-0.39, 0.29) is 18.6 Å². The van der Waals surface area contributed by atoms with Crippen LogP contribution in [0, 0.1) is 0 Å². The number of hydrogen-bond donors (Lipinski definition) is 3. The standard InChI is InChI=1S/C26H31N7O2/c1-18(35)29-21-7-4-8-22(14-21)30-25-27-17-28-26(31-25)32-11-9-23(10-12-32)33-15-20-6-3-2-5-19(20)13-24(33)16-34/h2-8,14,17,23-24,34H,9-13,15-16H2,1H3,(H,29,35)(H,27,28,30,31)/t24-/m0/s1. The fraction of sp³-hybridized carbons (Fsp3) is 0.385. The van der Waals surface area contributed by atoms with E-state index in [9.17, 15) is 9.90 Å². The summed E-state index contributed by atoms with van der Waals surface area (Å²) in [5, 5.41) is 16.0. The molecule has 5 rings (SSSR count). The van der Waals surface area contributed by atoms with Gasteiger partial charge in [-0.3, -0.25) is 9.69 Å². The highest BCUT2D eigenvalue weighted by atomic mass is 16.3. The largest absolute Gasteiger partial charge is 0.395 e. The van der Waals surface area contributed by atoms with Crippen molar-refractivity contribution in [1.82, 2.24) is 19.9 Å². The van der Waals surface area contributed by atoms with Crippen molar-refractivity contribution in [2.75, 3.05) is 35.2 Å². The highest BCUT2D eigenvalue weighted by molar-refractivity contribution is 5.89. The number of anilines is 4. The van der Waals surface area contributed by atoms with Crippen LogP contribution in [0.1, 0.15) is 30.9 Å². The summed E-state index contributed by atoms with van der Waals surface area (Å²) >= 11 is 0. The smallest absolute Gasteiger partial charge is 0.231 e. The molecule has 0 aliphatic carbocycles. The van der Waals surface area contributed by atoms with Gasteiger partial charge in [0, 0.05) is 50.0 Å². The normalized spacial score (nSPS) is 18.7. The zero-order valence-electron chi connectivity index (χ0n) is 19.9. The Bertz CT molecular complexity index is 1180. The number of aromatic nitrogens is 3. The average molecular weight is 474 g/mol. The Morgan fingerprint density at radius 2 is 1.83 bits per heavy atom. The Kier molecular flexibility index (Phi) is 6.87. The van der Waals surface area contributed by atoms with Crippen LogP contribution in [-0.2, 0) is 17.8 Å². The Morgan fingerprint density at radius 1 is 1.06 bits per heavy atom. The summed E-state index contributed by atoms with van der Waals surface area (Å²) in [5.41, 5.74) is 4.22. The summed E-state index contributed by atoms with van der Waals surface area (Å²) < 4.78 is 0. The number of aliphatic hydroxyl groups is 1. The maximum Gasteiger partial charge on any atom is 0.231 e. The Balaban J connectivity index is 1.22. The molecular weight excluding hydrogens is 442 g/mol. The molecule has 2 aliphatic rings. The van der Waals surface area contributed by atoms with Gasteiger partial charge in [-0.25, -0.2) is 9.97 Å². The van der Waals surface area contributed by atoms with E-state index in [1.54, 1.807) is 0 Å². The number of nitrogens with zero attached hydrogens (tertiary/aromatic N) is 5. The number of aliphatic hydroxyl groups excluding tert-OH is 1. The highest BCUT2D eigenvalue weighted by Crippen LogP contribution is 2.29. The van der Waals surface area contributed by atoms with Crippen molar-refractivity contribution in [1.29, 1.82) is 0 Å². The zero-order valence-corrected chi connectivity index (χ0v) is 19.9. The predicted molar refractivity (Wildman–Crippen MR) is 136 cm³/mol. The van der Waals surface area contributed by atoms with Crippen LogP contribution in [0.4, 0.5) is 23.3 Å². The van der Waals surface area contributed by atoms with Crippen molar-refractivity contribution in [3.05, 3.63) is 66.0 Å². The summed E-state index contributed by atoms with van der Waals surface area (Å²) in [6.45, 7) is 4.25. The first-order valence-corrected chi connectivity index (χ1v) is 12.1. The number of benzene rings is 2. The van der Waals surface area contributed by atoms with Gasteiger partial charge in [-0.15, -0.1) is 0 Å². The van der Waals surface area contributed by atoms with Crippen LogP contribution in [0.15, 0.2) is 54.9 Å². The number of fused-ring (bicyclic) bond motifs is 1. The lowest BCUT2D eigenvalue weighted by molar-refractivity contribution is -0.114. The predicted octanol–water partition coefficient (Wildman–Crippen LogP) is 2.96. The van der Waals surface area contributed by atoms with Gasteiger partial charge >= 0.3 is 0 Å². The number of carbonyl (C=O) groups is 1. The fourth-order valence-electron chi connectivity index (χ4n) is 5.11. The highest BCUT2D eigenvalue weighted by Gasteiger charge is 2.33. The molecule has 1 aromatic heterocycles. The average Bonchev–Trinajstić information content (AvgIpc) is 2.88. The molecule has 35 heavy (non-hydrogen) atoms. The van der Waals surface area contributed by atoms with Crippen molar-refractivity contribution in [2.24, 2.45) is 0 Å². The minimum atomic E-state index is -0.118. The first-order valence-electron chi connectivity index (χ1n) is 12.1. The first kappa shape index (κ1) is 23.2. The van der Waals surface area contributed by atoms with Crippen LogP contribution in [0.5, 0.6) is 0 Å². The zero-order chi connectivity index (χ0) is 24.2. The molecule has 3 N–H and O–H groups in total. The molecule has 1 atom stereocenters. The summed E-state index contributed by atoms with van der Waals surface area (Å²) in [6.07, 6.45) is 4.41. The molecule has 3 aromatic rings. The maximum absolute atomic E-state index is 11.3. The number of piperidine rings is 1. The van der Waals surface area contributed by atoms with Crippen LogP contribution < -0.4 is 15.5 Å². The summed E-state index contributed by atoms with van der Waals surface area (Å²) in [4.78, 5) is 29.3. The van der Waals surface area contributed by atoms with Crippen LogP contribution in [0.25, 0.3) is 0 Å². The van der Waals surface area contributed by atoms with Crippen LogP contribution >= 0.6 is 0 Å². The van der Waals surface area contributed by atoms with Crippen LogP contribution in [0.3, 0.4) is 0 Å². The summed E-state index contributed by atoms with van der Waals surface area (Å²) in [5.74, 6) is 0.999. The molecule has 0 bridgehead atoms. The molecule has 2 aliphatic heterocycles. The molecule has 9 nitrogen and oxygen atoms in total. The second-order valence-electron chi connectivity index (χ2n) is 9.20. The lowest BCUT2D eigenvalue weighted by Gasteiger charge is -2.44. The van der Waals surface area contributed by atoms with E-state index in [0.29, 0.717) is 23.6 Å². The lowest BCUT2D eigenvalue weighted by Crippen LogP contribution is -2.52. The van der Waals surface area contributed by atoms with Gasteiger partial charge in [-0.1, -0.05) is 30.3 Å². The van der Waals surface area contributed by atoms with E-state index < -0.39 is 0 Å². The van der Waals surface area contributed by atoms with Gasteiger partial charge in [0.25, 0.3) is 0 Å². The number of nitrogens with one attached hydrogen (secondary N) is 2. The summed E-state index contributed by atoms with van der Waals surface area (Å²) in [6, 6.07) is 16.6. The molecule has 1 amide bonds. The minimum Gasteiger partial charge on any atom is -0.395 e. The van der Waals surface area contributed by atoms with E-state index in [4.69, 9.17) is 0 Å². The molecule has 9 heteroatoms. The Hall–Kier alpha value is -3.56. The first-order chi connectivity index (χ1) is 17.1. The molecule has 1 saturated heterocycles. The molecule has 1 fully saturated rings. The SMILES string of the molecule is CC(=O)Nc1cccc(Nc2ncnc(N3CCC(N4Cc5ccccc5C[C@H]4CO)CC3)n2)c1. The third-order valence-electron chi connectivity index (χ3n) is 6.82. The summed E-state index contributed by atoms with van der Waals surface area (Å²) in [7, 11) is 0. The van der Waals surface area contributed by atoms with Gasteiger partial charge in [0.05, 0.1) is 6.61 Å². The van der Waals surface area contributed by atoms with Gasteiger partial charge in [0.15, 0.2) is 0 Å². The number of carbonyl (C=O) groups excluding carboxylic acids is 1. The lowest BCUT2D eigenvalue weighted by atomic mass is 9.90. The van der Waals surface area contributed by atoms with E-state index in [1.807, 2.05) is 24.3 Å². The maximum atomic E-state index is 11.3. The number of hydrogen-bond acceptors (Lipinski definition) is 8. The Morgan fingerprint density at radius 3 is 2.60 bits per heavy atom. The van der Waals surface area contributed by atoms with E-state index in [1.165, 1.54) is 24.4 Å². The molecular formula is C26H31N7O2. The third kappa shape index (κ3) is 5.41. The van der Waals surface area contributed by atoms with Crippen molar-refractivity contribution < 1.29 is 9.90 Å². The fourth-order valence-corrected chi connectivity index (χ4v) is 5.11. The second-order valence-corrected chi connectivity index (χ2v) is 9.20. The third-order valence-corrected chi connectivity index (χ3v) is 6.82. The van der Waals surface area contributed by atoms with Crippen LogP contribution in [-0.4, -0.2) is 62.6 Å². The monoisotopic (exact) mass is 473 g/mol. The van der Waals surface area contributed by atoms with E-state index in [2.05, 4.69) is 59.7 Å². The van der Waals surface area contributed by atoms with Gasteiger partial charge in [0.1, 0.15) is 6.33 Å². The molecule has 0 saturated carbocycles. The molecule has 0 unspecified atom stereocenters. The van der Waals surface area contributed by atoms with Crippen molar-refractivity contribution >= 4 is 29.2 Å².